The monoisotopic (exact) mass is 240 g/mol. The fourth-order valence-electron chi connectivity index (χ4n) is 2.07. The summed E-state index contributed by atoms with van der Waals surface area (Å²) in [6, 6.07) is 9.23. The minimum Gasteiger partial charge on any atom is -0.497 e. The lowest BCUT2D eigenvalue weighted by atomic mass is 10.2. The highest BCUT2D eigenvalue weighted by atomic mass is 16.5. The van der Waals surface area contributed by atoms with Gasteiger partial charge in [-0.1, -0.05) is 6.07 Å². The SMILES string of the molecule is COc1ccc2c(c1)c(=O)nc1ccc(C)cn12. The van der Waals surface area contributed by atoms with Crippen LogP contribution in [0.1, 0.15) is 5.56 Å². The number of pyridine rings is 1. The van der Waals surface area contributed by atoms with E-state index in [1.54, 1.807) is 13.2 Å². The first-order valence-electron chi connectivity index (χ1n) is 5.66. The maximum absolute atomic E-state index is 12.0. The zero-order valence-electron chi connectivity index (χ0n) is 10.2. The molecule has 3 aromatic rings. The van der Waals surface area contributed by atoms with Gasteiger partial charge >= 0.3 is 0 Å². The van der Waals surface area contributed by atoms with Crippen LogP contribution in [0, 0.1) is 6.92 Å². The van der Waals surface area contributed by atoms with E-state index in [0.717, 1.165) is 11.1 Å². The molecule has 0 saturated carbocycles. The Morgan fingerprint density at radius 1 is 1.22 bits per heavy atom. The van der Waals surface area contributed by atoms with Gasteiger partial charge in [0.05, 0.1) is 18.0 Å². The molecule has 1 aromatic carbocycles. The van der Waals surface area contributed by atoms with Crippen molar-refractivity contribution in [3.05, 3.63) is 52.4 Å². The lowest BCUT2D eigenvalue weighted by molar-refractivity contribution is 0.415. The maximum atomic E-state index is 12.0. The van der Waals surface area contributed by atoms with Gasteiger partial charge in [-0.2, -0.15) is 4.98 Å². The summed E-state index contributed by atoms with van der Waals surface area (Å²) in [6.45, 7) is 2.01. The average Bonchev–Trinajstić information content (AvgIpc) is 2.39. The van der Waals surface area contributed by atoms with Crippen LogP contribution < -0.4 is 10.3 Å². The predicted octanol–water partition coefficient (Wildman–Crippen LogP) is 2.16. The van der Waals surface area contributed by atoms with Crippen LogP contribution in [0.25, 0.3) is 16.6 Å². The molecule has 0 saturated heterocycles. The van der Waals surface area contributed by atoms with Crippen molar-refractivity contribution in [2.24, 2.45) is 0 Å². The van der Waals surface area contributed by atoms with Gasteiger partial charge in [-0.3, -0.25) is 4.79 Å². The minimum absolute atomic E-state index is 0.229. The van der Waals surface area contributed by atoms with Crippen molar-refractivity contribution in [1.29, 1.82) is 0 Å². The molecule has 0 aliphatic rings. The molecular formula is C14H12N2O2. The highest BCUT2D eigenvalue weighted by Gasteiger charge is 2.06. The summed E-state index contributed by atoms with van der Waals surface area (Å²) >= 11 is 0. The number of hydrogen-bond acceptors (Lipinski definition) is 3. The zero-order valence-corrected chi connectivity index (χ0v) is 10.2. The Balaban J connectivity index is 2.53. The number of aromatic nitrogens is 2. The Kier molecular flexibility index (Phi) is 2.30. The van der Waals surface area contributed by atoms with Crippen LogP contribution in [0.3, 0.4) is 0 Å². The number of nitrogens with zero attached hydrogens (tertiary/aromatic N) is 2. The van der Waals surface area contributed by atoms with Crippen LogP contribution in [-0.2, 0) is 0 Å². The Morgan fingerprint density at radius 3 is 2.83 bits per heavy atom. The highest BCUT2D eigenvalue weighted by molar-refractivity contribution is 5.81. The van der Waals surface area contributed by atoms with E-state index in [1.807, 2.05) is 41.8 Å². The largest absolute Gasteiger partial charge is 0.497 e. The molecule has 0 N–H and O–H groups in total. The Morgan fingerprint density at radius 2 is 2.06 bits per heavy atom. The van der Waals surface area contributed by atoms with Crippen molar-refractivity contribution in [2.75, 3.05) is 7.11 Å². The van der Waals surface area contributed by atoms with Crippen molar-refractivity contribution in [3.8, 4) is 5.75 Å². The molecule has 0 aliphatic carbocycles. The molecule has 2 heterocycles. The molecule has 4 heteroatoms. The molecule has 0 atom stereocenters. The van der Waals surface area contributed by atoms with E-state index in [-0.39, 0.29) is 5.56 Å². The molecule has 0 aliphatic heterocycles. The lowest BCUT2D eigenvalue weighted by Gasteiger charge is -2.07. The zero-order chi connectivity index (χ0) is 12.7. The van der Waals surface area contributed by atoms with Crippen molar-refractivity contribution < 1.29 is 4.74 Å². The summed E-state index contributed by atoms with van der Waals surface area (Å²) in [5, 5.41) is 0.567. The van der Waals surface area contributed by atoms with Gasteiger partial charge in [0.25, 0.3) is 5.56 Å². The minimum atomic E-state index is -0.229. The van der Waals surface area contributed by atoms with E-state index in [4.69, 9.17) is 4.74 Å². The summed E-state index contributed by atoms with van der Waals surface area (Å²) < 4.78 is 7.06. The van der Waals surface area contributed by atoms with Gasteiger partial charge in [0.15, 0.2) is 0 Å². The summed E-state index contributed by atoms with van der Waals surface area (Å²) in [5.74, 6) is 0.661. The van der Waals surface area contributed by atoms with Crippen molar-refractivity contribution in [2.45, 2.75) is 6.92 Å². The van der Waals surface area contributed by atoms with Crippen LogP contribution in [0.15, 0.2) is 41.3 Å². The molecule has 18 heavy (non-hydrogen) atoms. The number of hydrogen-bond donors (Lipinski definition) is 0. The third kappa shape index (κ3) is 1.54. The Hall–Kier alpha value is -2.36. The average molecular weight is 240 g/mol. The molecule has 0 unspecified atom stereocenters. The number of benzene rings is 1. The van der Waals surface area contributed by atoms with Gasteiger partial charge in [-0.25, -0.2) is 0 Å². The molecule has 90 valence electrons. The van der Waals surface area contributed by atoms with Crippen LogP contribution in [0.4, 0.5) is 0 Å². The highest BCUT2D eigenvalue weighted by Crippen LogP contribution is 2.18. The van der Waals surface area contributed by atoms with Crippen LogP contribution in [0.2, 0.25) is 0 Å². The molecular weight excluding hydrogens is 228 g/mol. The standard InChI is InChI=1S/C14H12N2O2/c1-9-3-6-13-15-14(17)11-7-10(18-2)4-5-12(11)16(13)8-9/h3-8H,1-2H3. The van der Waals surface area contributed by atoms with E-state index in [9.17, 15) is 4.79 Å². The maximum Gasteiger partial charge on any atom is 0.281 e. The van der Waals surface area contributed by atoms with E-state index in [2.05, 4.69) is 4.98 Å². The van der Waals surface area contributed by atoms with Crippen LogP contribution in [0.5, 0.6) is 5.75 Å². The topological polar surface area (TPSA) is 43.6 Å². The van der Waals surface area contributed by atoms with Crippen LogP contribution in [-0.4, -0.2) is 16.5 Å². The van der Waals surface area contributed by atoms with Gasteiger partial charge in [0.2, 0.25) is 0 Å². The lowest BCUT2D eigenvalue weighted by Crippen LogP contribution is -2.10. The molecule has 4 nitrogen and oxygen atoms in total. The summed E-state index contributed by atoms with van der Waals surface area (Å²) in [6.07, 6.45) is 1.97. The first kappa shape index (κ1) is 10.8. The van der Waals surface area contributed by atoms with Gasteiger partial charge < -0.3 is 9.14 Å². The summed E-state index contributed by atoms with van der Waals surface area (Å²) in [5.41, 5.74) is 2.38. The van der Waals surface area contributed by atoms with Gasteiger partial charge in [-0.05, 0) is 36.8 Å². The molecule has 0 fully saturated rings. The van der Waals surface area contributed by atoms with Gasteiger partial charge in [-0.15, -0.1) is 0 Å². The van der Waals surface area contributed by atoms with E-state index in [1.165, 1.54) is 0 Å². The third-order valence-corrected chi connectivity index (χ3v) is 2.98. The second-order valence-corrected chi connectivity index (χ2v) is 4.23. The number of ether oxygens (including phenoxy) is 1. The predicted molar refractivity (Wildman–Crippen MR) is 70.3 cm³/mol. The number of rotatable bonds is 1. The first-order chi connectivity index (χ1) is 8.69. The van der Waals surface area contributed by atoms with Gasteiger partial charge in [0, 0.05) is 6.20 Å². The quantitative estimate of drug-likeness (QED) is 0.612. The molecule has 0 amide bonds. The molecule has 3 rings (SSSR count). The normalized spacial score (nSPS) is 11.0. The fourth-order valence-corrected chi connectivity index (χ4v) is 2.07. The molecule has 0 bridgehead atoms. The van der Waals surface area contributed by atoms with Gasteiger partial charge in [0.1, 0.15) is 11.4 Å². The van der Waals surface area contributed by atoms with E-state index < -0.39 is 0 Å². The summed E-state index contributed by atoms with van der Waals surface area (Å²) in [4.78, 5) is 16.0. The summed E-state index contributed by atoms with van der Waals surface area (Å²) in [7, 11) is 1.58. The van der Waals surface area contributed by atoms with E-state index >= 15 is 0 Å². The van der Waals surface area contributed by atoms with Crippen molar-refractivity contribution in [1.82, 2.24) is 9.38 Å². The Bertz CT molecular complexity index is 806. The smallest absolute Gasteiger partial charge is 0.281 e. The number of methoxy groups -OCH3 is 1. The Labute approximate surface area is 103 Å². The first-order valence-corrected chi connectivity index (χ1v) is 5.66. The van der Waals surface area contributed by atoms with Crippen molar-refractivity contribution in [3.63, 3.8) is 0 Å². The molecule has 0 radical (unpaired) electrons. The molecule has 0 spiro atoms. The number of aryl methyl sites for hydroxylation is 1. The fraction of sp³-hybridized carbons (Fsp3) is 0.143. The third-order valence-electron chi connectivity index (χ3n) is 2.98. The van der Waals surface area contributed by atoms with Crippen molar-refractivity contribution >= 4 is 16.6 Å². The van der Waals surface area contributed by atoms with Crippen LogP contribution >= 0.6 is 0 Å². The second-order valence-electron chi connectivity index (χ2n) is 4.23. The second kappa shape index (κ2) is 3.84. The number of fused-ring (bicyclic) bond motifs is 3. The van der Waals surface area contributed by atoms with E-state index in [0.29, 0.717) is 16.8 Å². The molecule has 2 aromatic heterocycles.